The van der Waals surface area contributed by atoms with Crippen molar-refractivity contribution < 1.29 is 23.1 Å². The predicted molar refractivity (Wildman–Crippen MR) is 197 cm³/mol. The molecule has 0 spiro atoms. The maximum atomic E-state index is 13.3. The molecule has 5 nitrogen and oxygen atoms in total. The van der Waals surface area contributed by atoms with Gasteiger partial charge < -0.3 is 23.1 Å². The van der Waals surface area contributed by atoms with Crippen molar-refractivity contribution in [3.8, 4) is 5.75 Å². The van der Waals surface area contributed by atoms with Crippen molar-refractivity contribution in [3.05, 3.63) is 90.5 Å². The summed E-state index contributed by atoms with van der Waals surface area (Å²) in [6.07, 6.45) is 5.69. The highest BCUT2D eigenvalue weighted by Gasteiger charge is 2.68. The van der Waals surface area contributed by atoms with E-state index in [4.69, 9.17) is 18.3 Å². The highest BCUT2D eigenvalue weighted by Crippen LogP contribution is 2.63. The Kier molecular flexibility index (Phi) is 10.7. The van der Waals surface area contributed by atoms with Crippen molar-refractivity contribution in [1.82, 2.24) is 0 Å². The second-order valence-corrected chi connectivity index (χ2v) is 24.7. The largest absolute Gasteiger partial charge is 0.497 e. The number of methoxy groups -OCH3 is 1. The van der Waals surface area contributed by atoms with E-state index in [1.807, 2.05) is 24.3 Å². The normalized spacial score (nSPS) is 26.5. The van der Waals surface area contributed by atoms with E-state index in [2.05, 4.69) is 108 Å². The zero-order valence-electron chi connectivity index (χ0n) is 29.9. The van der Waals surface area contributed by atoms with Gasteiger partial charge in [-0.15, -0.1) is 0 Å². The number of ether oxygens (including phenoxy) is 2. The Morgan fingerprint density at radius 2 is 1.45 bits per heavy atom. The zero-order chi connectivity index (χ0) is 33.9. The van der Waals surface area contributed by atoms with Gasteiger partial charge in [-0.3, -0.25) is 0 Å². The number of aldehydes is 1. The van der Waals surface area contributed by atoms with Crippen LogP contribution in [0, 0.1) is 17.3 Å². The van der Waals surface area contributed by atoms with Crippen molar-refractivity contribution >= 4 is 33.3 Å². The first kappa shape index (κ1) is 35.7. The highest BCUT2D eigenvalue weighted by molar-refractivity contribution is 6.99. The summed E-state index contributed by atoms with van der Waals surface area (Å²) in [4.78, 5) is 13.3. The van der Waals surface area contributed by atoms with Crippen molar-refractivity contribution in [3.63, 3.8) is 0 Å². The van der Waals surface area contributed by atoms with Crippen molar-refractivity contribution in [2.24, 2.45) is 17.3 Å². The van der Waals surface area contributed by atoms with E-state index in [0.717, 1.165) is 43.4 Å². The Bertz CT molecular complexity index is 1410. The van der Waals surface area contributed by atoms with Gasteiger partial charge in [0.2, 0.25) is 0 Å². The second kappa shape index (κ2) is 14.1. The SMILES string of the molecule is COc1ccc(COCC[C@H]2CC[C@@]3(C)[C@H](O[Si](c4ccccc4)(c4ccccc4)C(C)(C)C)CC[C@@]3(O[Si](C)(C)C)[C@@H]2C=O)cc1. The first-order chi connectivity index (χ1) is 22.3. The van der Waals surface area contributed by atoms with Crippen LogP contribution in [0.15, 0.2) is 84.9 Å². The summed E-state index contributed by atoms with van der Waals surface area (Å²) in [5.74, 6) is 0.846. The minimum Gasteiger partial charge on any atom is -0.497 e. The van der Waals surface area contributed by atoms with Crippen LogP contribution in [0.5, 0.6) is 5.75 Å². The molecule has 2 aliphatic rings. The summed E-state index contributed by atoms with van der Waals surface area (Å²) in [7, 11) is -3.19. The number of benzene rings is 3. The number of rotatable bonds is 13. The van der Waals surface area contributed by atoms with E-state index in [-0.39, 0.29) is 28.4 Å². The lowest BCUT2D eigenvalue weighted by molar-refractivity contribution is -0.163. The maximum Gasteiger partial charge on any atom is 0.261 e. The highest BCUT2D eigenvalue weighted by atomic mass is 28.4. The van der Waals surface area contributed by atoms with Gasteiger partial charge >= 0.3 is 0 Å². The minimum atomic E-state index is -2.80. The Labute approximate surface area is 285 Å². The van der Waals surface area contributed by atoms with E-state index < -0.39 is 22.2 Å². The van der Waals surface area contributed by atoms with Crippen LogP contribution in [0.1, 0.15) is 65.4 Å². The fraction of sp³-hybridized carbons (Fsp3) is 0.525. The quantitative estimate of drug-likeness (QED) is 0.104. The van der Waals surface area contributed by atoms with Crippen LogP contribution in [-0.2, 0) is 25.0 Å². The average Bonchev–Trinajstić information content (AvgIpc) is 3.32. The molecule has 0 unspecified atom stereocenters. The molecular formula is C40H56O5Si2. The van der Waals surface area contributed by atoms with Gasteiger partial charge in [0.1, 0.15) is 12.0 Å². The molecule has 0 amide bonds. The summed E-state index contributed by atoms with van der Waals surface area (Å²) in [5, 5.41) is 2.46. The lowest BCUT2D eigenvalue weighted by atomic mass is 9.56. The number of carbonyl (C=O) groups is 1. The molecule has 0 heterocycles. The standard InChI is InChI=1S/C40H56O5Si2/c1-38(2,3)47(34-15-11-9-12-16-34,35-17-13-10-14-18-35)44-37-24-27-40(45-46(6,7)8)36(29-41)32(23-26-39(37,40)4)25-28-43-30-31-19-21-33(42-5)22-20-31/h9-22,29,32,36-37H,23-28,30H2,1-8H3/t32-,36-,37-,39+,40-/m1/s1. The molecule has 7 heteroatoms. The summed E-state index contributed by atoms with van der Waals surface area (Å²) in [5.41, 5.74) is 0.257. The van der Waals surface area contributed by atoms with Gasteiger partial charge in [-0.05, 0) is 90.8 Å². The molecule has 3 aromatic carbocycles. The van der Waals surface area contributed by atoms with Crippen LogP contribution in [0.2, 0.25) is 24.7 Å². The molecule has 0 aliphatic heterocycles. The first-order valence-corrected chi connectivity index (χ1v) is 22.8. The third kappa shape index (κ3) is 6.97. The molecule has 2 fully saturated rings. The van der Waals surface area contributed by atoms with E-state index in [9.17, 15) is 4.79 Å². The van der Waals surface area contributed by atoms with Gasteiger partial charge in [-0.2, -0.15) is 0 Å². The smallest absolute Gasteiger partial charge is 0.261 e. The summed E-state index contributed by atoms with van der Waals surface area (Å²) in [6, 6.07) is 29.9. The number of fused-ring (bicyclic) bond motifs is 1. The fourth-order valence-electron chi connectivity index (χ4n) is 8.75. The molecule has 0 saturated heterocycles. The Balaban J connectivity index is 1.46. The van der Waals surface area contributed by atoms with Crippen LogP contribution >= 0.6 is 0 Å². The third-order valence-corrected chi connectivity index (χ3v) is 17.0. The minimum absolute atomic E-state index is 0.0279. The average molecular weight is 673 g/mol. The summed E-state index contributed by atoms with van der Waals surface area (Å²) in [6.45, 7) is 17.4. The van der Waals surface area contributed by atoms with E-state index >= 15 is 0 Å². The molecule has 2 aliphatic carbocycles. The first-order valence-electron chi connectivity index (χ1n) is 17.4. The van der Waals surface area contributed by atoms with Crippen molar-refractivity contribution in [2.75, 3.05) is 13.7 Å². The number of hydrogen-bond acceptors (Lipinski definition) is 5. The maximum absolute atomic E-state index is 13.3. The van der Waals surface area contributed by atoms with E-state index in [0.29, 0.717) is 13.2 Å². The van der Waals surface area contributed by atoms with Gasteiger partial charge in [0.05, 0.1) is 25.4 Å². The number of carbonyl (C=O) groups excluding carboxylic acids is 1. The molecule has 3 aromatic rings. The molecule has 0 N–H and O–H groups in total. The molecule has 0 bridgehead atoms. The lowest BCUT2D eigenvalue weighted by Gasteiger charge is -2.58. The zero-order valence-corrected chi connectivity index (χ0v) is 31.9. The monoisotopic (exact) mass is 672 g/mol. The van der Waals surface area contributed by atoms with Crippen LogP contribution in [0.4, 0.5) is 0 Å². The molecule has 5 rings (SSSR count). The van der Waals surface area contributed by atoms with Crippen molar-refractivity contribution in [1.29, 1.82) is 0 Å². The van der Waals surface area contributed by atoms with Gasteiger partial charge in [0, 0.05) is 17.9 Å². The summed E-state index contributed by atoms with van der Waals surface area (Å²) >= 11 is 0. The fourth-order valence-corrected chi connectivity index (χ4v) is 15.1. The third-order valence-electron chi connectivity index (χ3n) is 11.0. The Morgan fingerprint density at radius 3 is 1.96 bits per heavy atom. The molecule has 47 heavy (non-hydrogen) atoms. The Hall–Kier alpha value is -2.56. The van der Waals surface area contributed by atoms with E-state index in [1.54, 1.807) is 7.11 Å². The lowest BCUT2D eigenvalue weighted by Crippen LogP contribution is -2.70. The molecule has 2 saturated carbocycles. The second-order valence-electron chi connectivity index (χ2n) is 16.0. The Morgan fingerprint density at radius 1 is 0.851 bits per heavy atom. The van der Waals surface area contributed by atoms with Gasteiger partial charge in [0.25, 0.3) is 8.32 Å². The van der Waals surface area contributed by atoms with Crippen molar-refractivity contribution in [2.45, 2.75) is 103 Å². The molecule has 0 radical (unpaired) electrons. The van der Waals surface area contributed by atoms with Crippen LogP contribution in [0.3, 0.4) is 0 Å². The number of hydrogen-bond donors (Lipinski definition) is 0. The summed E-state index contributed by atoms with van der Waals surface area (Å²) < 4.78 is 26.7. The molecule has 5 atom stereocenters. The van der Waals surface area contributed by atoms with Gasteiger partial charge in [-0.25, -0.2) is 0 Å². The van der Waals surface area contributed by atoms with E-state index in [1.165, 1.54) is 16.7 Å². The molecule has 0 aromatic heterocycles. The van der Waals surface area contributed by atoms with Gasteiger partial charge in [-0.1, -0.05) is 100 Å². The van der Waals surface area contributed by atoms with Crippen LogP contribution < -0.4 is 15.1 Å². The molecule has 254 valence electrons. The predicted octanol–water partition coefficient (Wildman–Crippen LogP) is 8.16. The topological polar surface area (TPSA) is 54.0 Å². The van der Waals surface area contributed by atoms with Crippen LogP contribution in [-0.4, -0.2) is 48.3 Å². The molecular weight excluding hydrogens is 617 g/mol. The van der Waals surface area contributed by atoms with Gasteiger partial charge in [0.15, 0.2) is 8.32 Å². The van der Waals surface area contributed by atoms with Crippen LogP contribution in [0.25, 0.3) is 0 Å².